The summed E-state index contributed by atoms with van der Waals surface area (Å²) in [6.07, 6.45) is 0. The third kappa shape index (κ3) is 5.86. The zero-order valence-electron chi connectivity index (χ0n) is 31.7. The van der Waals surface area contributed by atoms with Crippen molar-refractivity contribution in [2.24, 2.45) is 0 Å². The predicted molar refractivity (Wildman–Crippen MR) is 251 cm³/mol. The molecular weight excluding hydrogens is 719 g/mol. The minimum atomic E-state index is 1.10. The first-order chi connectivity index (χ1) is 28.8. The number of benzene rings is 10. The van der Waals surface area contributed by atoms with E-state index in [0.717, 1.165) is 17.1 Å². The van der Waals surface area contributed by atoms with Crippen LogP contribution in [0.25, 0.3) is 86.2 Å². The summed E-state index contributed by atoms with van der Waals surface area (Å²) in [5.74, 6) is 0. The second-order valence-electron chi connectivity index (χ2n) is 14.8. The Labute approximate surface area is 342 Å². The van der Waals surface area contributed by atoms with Crippen molar-refractivity contribution in [3.8, 4) is 44.5 Å². The van der Waals surface area contributed by atoms with Gasteiger partial charge in [-0.2, -0.15) is 0 Å². The lowest BCUT2D eigenvalue weighted by atomic mass is 9.85. The Kier molecular flexibility index (Phi) is 8.42. The monoisotopic (exact) mass is 755 g/mol. The fraction of sp³-hybridized carbons (Fsp3) is 0. The molecule has 58 heavy (non-hydrogen) atoms. The second kappa shape index (κ2) is 14.4. The number of anilines is 3. The predicted octanol–water partition coefficient (Wildman–Crippen LogP) is 16.5. The summed E-state index contributed by atoms with van der Waals surface area (Å²) < 4.78 is 2.65. The molecule has 1 nitrogen and oxygen atoms in total. The van der Waals surface area contributed by atoms with Crippen molar-refractivity contribution in [1.82, 2.24) is 0 Å². The Balaban J connectivity index is 1.14. The van der Waals surface area contributed by atoms with Crippen molar-refractivity contribution in [3.05, 3.63) is 224 Å². The minimum absolute atomic E-state index is 1.10. The molecule has 0 spiro atoms. The van der Waals surface area contributed by atoms with Gasteiger partial charge in [-0.05, 0) is 109 Å². The highest BCUT2D eigenvalue weighted by Gasteiger charge is 2.21. The van der Waals surface area contributed by atoms with Crippen molar-refractivity contribution < 1.29 is 0 Å². The normalized spacial score (nSPS) is 11.4. The molecule has 1 aromatic heterocycles. The molecule has 0 N–H and O–H groups in total. The van der Waals surface area contributed by atoms with Crippen LogP contribution in [0.15, 0.2) is 224 Å². The van der Waals surface area contributed by atoms with Crippen molar-refractivity contribution in [2.75, 3.05) is 4.90 Å². The molecule has 0 unspecified atom stereocenters. The van der Waals surface area contributed by atoms with E-state index in [4.69, 9.17) is 0 Å². The minimum Gasteiger partial charge on any atom is -0.310 e. The van der Waals surface area contributed by atoms with Gasteiger partial charge in [-0.25, -0.2) is 0 Å². The van der Waals surface area contributed by atoms with Crippen molar-refractivity contribution in [3.63, 3.8) is 0 Å². The molecule has 0 bridgehead atoms. The standard InChI is InChI=1S/C56H37NS/c1-4-16-38(17-5-1)42-22-14-23-44(36-42)57(43-32-30-39(31-33-43)46-27-15-28-51-49-25-12-13-29-53(49)58-56(46)51)45-34-35-48-47-24-10-11-26-50(47)54(40-18-6-2-7-19-40)55(52(48)37-45)41-20-8-3-9-21-41/h1-37H. The number of fused-ring (bicyclic) bond motifs is 6. The molecule has 11 rings (SSSR count). The van der Waals surface area contributed by atoms with E-state index >= 15 is 0 Å². The molecule has 1 heterocycles. The van der Waals surface area contributed by atoms with Gasteiger partial charge in [-0.3, -0.25) is 0 Å². The summed E-state index contributed by atoms with van der Waals surface area (Å²) in [5, 5.41) is 7.60. The van der Waals surface area contributed by atoms with E-state index in [9.17, 15) is 0 Å². The molecule has 0 aliphatic rings. The zero-order valence-corrected chi connectivity index (χ0v) is 32.5. The zero-order chi connectivity index (χ0) is 38.4. The van der Waals surface area contributed by atoms with E-state index in [1.165, 1.54) is 86.2 Å². The number of thiophene rings is 1. The van der Waals surface area contributed by atoms with Gasteiger partial charge in [0.05, 0.1) is 0 Å². The van der Waals surface area contributed by atoms with Gasteiger partial charge < -0.3 is 4.90 Å². The van der Waals surface area contributed by atoms with E-state index in [2.05, 4.69) is 229 Å². The Hall–Kier alpha value is -7.26. The van der Waals surface area contributed by atoms with Crippen molar-refractivity contribution >= 4 is 70.1 Å². The molecule has 0 saturated heterocycles. The summed E-state index contributed by atoms with van der Waals surface area (Å²) in [7, 11) is 0. The molecular formula is C56H37NS. The lowest BCUT2D eigenvalue weighted by molar-refractivity contribution is 1.29. The number of hydrogen-bond acceptors (Lipinski definition) is 2. The maximum absolute atomic E-state index is 2.42. The molecule has 11 aromatic rings. The average Bonchev–Trinajstić information content (AvgIpc) is 3.69. The number of nitrogens with zero attached hydrogens (tertiary/aromatic N) is 1. The molecule has 0 radical (unpaired) electrons. The van der Waals surface area contributed by atoms with E-state index < -0.39 is 0 Å². The smallest absolute Gasteiger partial charge is 0.0468 e. The van der Waals surface area contributed by atoms with E-state index in [1.807, 2.05) is 11.3 Å². The van der Waals surface area contributed by atoms with Gasteiger partial charge in [-0.15, -0.1) is 11.3 Å². The van der Waals surface area contributed by atoms with E-state index in [0.29, 0.717) is 0 Å². The van der Waals surface area contributed by atoms with Gasteiger partial charge in [0.1, 0.15) is 0 Å². The Morgan fingerprint density at radius 1 is 0.276 bits per heavy atom. The molecule has 0 aliphatic carbocycles. The number of hydrogen-bond donors (Lipinski definition) is 0. The molecule has 2 heteroatoms. The lowest BCUT2D eigenvalue weighted by Crippen LogP contribution is -2.10. The van der Waals surface area contributed by atoms with Gasteiger partial charge >= 0.3 is 0 Å². The van der Waals surface area contributed by atoms with Crippen molar-refractivity contribution in [2.45, 2.75) is 0 Å². The summed E-state index contributed by atoms with van der Waals surface area (Å²) in [4.78, 5) is 2.42. The quantitative estimate of drug-likeness (QED) is 0.146. The molecule has 0 fully saturated rings. The lowest BCUT2D eigenvalue weighted by Gasteiger charge is -2.27. The van der Waals surface area contributed by atoms with Gasteiger partial charge in [0.15, 0.2) is 0 Å². The van der Waals surface area contributed by atoms with Crippen LogP contribution in [-0.2, 0) is 0 Å². The van der Waals surface area contributed by atoms with Crippen LogP contribution in [0.2, 0.25) is 0 Å². The Morgan fingerprint density at radius 3 is 1.52 bits per heavy atom. The summed E-state index contributed by atoms with van der Waals surface area (Å²) >= 11 is 1.88. The molecule has 0 saturated carbocycles. The highest BCUT2D eigenvalue weighted by Crippen LogP contribution is 2.47. The van der Waals surface area contributed by atoms with Gasteiger partial charge in [0.25, 0.3) is 0 Å². The molecule has 272 valence electrons. The highest BCUT2D eigenvalue weighted by molar-refractivity contribution is 7.26. The largest absolute Gasteiger partial charge is 0.310 e. The maximum atomic E-state index is 2.42. The SMILES string of the molecule is c1ccc(-c2cccc(N(c3ccc(-c4cccc5c4sc4ccccc45)cc3)c3ccc4c(c3)c(-c3ccccc3)c(-c3ccccc3)c3ccccc34)c2)cc1. The third-order valence-corrected chi connectivity index (χ3v) is 12.7. The topological polar surface area (TPSA) is 3.24 Å². The Morgan fingerprint density at radius 2 is 0.793 bits per heavy atom. The van der Waals surface area contributed by atoms with E-state index in [-0.39, 0.29) is 0 Å². The summed E-state index contributed by atoms with van der Waals surface area (Å²) in [6.45, 7) is 0. The fourth-order valence-electron chi connectivity index (χ4n) is 8.79. The average molecular weight is 756 g/mol. The van der Waals surface area contributed by atoms with E-state index in [1.54, 1.807) is 0 Å². The van der Waals surface area contributed by atoms with Gasteiger partial charge in [0, 0.05) is 37.2 Å². The van der Waals surface area contributed by atoms with Crippen LogP contribution < -0.4 is 4.90 Å². The molecule has 10 aromatic carbocycles. The highest BCUT2D eigenvalue weighted by atomic mass is 32.1. The van der Waals surface area contributed by atoms with Crippen LogP contribution in [0.1, 0.15) is 0 Å². The molecule has 0 aliphatic heterocycles. The first-order valence-corrected chi connectivity index (χ1v) is 20.7. The second-order valence-corrected chi connectivity index (χ2v) is 15.9. The number of rotatable bonds is 7. The van der Waals surface area contributed by atoms with Crippen LogP contribution in [0.3, 0.4) is 0 Å². The summed E-state index contributed by atoms with van der Waals surface area (Å²) in [6, 6.07) is 81.9. The van der Waals surface area contributed by atoms with Gasteiger partial charge in [-0.1, -0.05) is 182 Å². The third-order valence-electron chi connectivity index (χ3n) is 11.4. The molecule has 0 atom stereocenters. The van der Waals surface area contributed by atoms with Crippen LogP contribution in [-0.4, -0.2) is 0 Å². The fourth-order valence-corrected chi connectivity index (χ4v) is 10.0. The first-order valence-electron chi connectivity index (χ1n) is 19.8. The maximum Gasteiger partial charge on any atom is 0.0468 e. The van der Waals surface area contributed by atoms with Crippen LogP contribution >= 0.6 is 11.3 Å². The van der Waals surface area contributed by atoms with Crippen LogP contribution in [0.5, 0.6) is 0 Å². The van der Waals surface area contributed by atoms with Crippen LogP contribution in [0, 0.1) is 0 Å². The van der Waals surface area contributed by atoms with Crippen molar-refractivity contribution in [1.29, 1.82) is 0 Å². The van der Waals surface area contributed by atoms with Gasteiger partial charge in [0.2, 0.25) is 0 Å². The Bertz CT molecular complexity index is 3260. The van der Waals surface area contributed by atoms with Crippen LogP contribution in [0.4, 0.5) is 17.1 Å². The first kappa shape index (κ1) is 34.0. The summed E-state index contributed by atoms with van der Waals surface area (Å²) in [5.41, 5.74) is 13.1. The molecule has 0 amide bonds.